The Bertz CT molecular complexity index is 654. The fourth-order valence-electron chi connectivity index (χ4n) is 2.09. The predicted molar refractivity (Wildman–Crippen MR) is 80.8 cm³/mol. The number of nitro groups is 1. The van der Waals surface area contributed by atoms with Gasteiger partial charge in [-0.15, -0.1) is 0 Å². The molecule has 0 spiro atoms. The summed E-state index contributed by atoms with van der Waals surface area (Å²) in [7, 11) is 1.87. The van der Waals surface area contributed by atoms with Crippen LogP contribution in [-0.4, -0.2) is 14.7 Å². The third-order valence-electron chi connectivity index (χ3n) is 3.05. The highest BCUT2D eigenvalue weighted by atomic mass is 79.9. The largest absolute Gasteiger partial charge is 0.377 e. The number of halogens is 1. The number of benzene rings is 1. The summed E-state index contributed by atoms with van der Waals surface area (Å²) in [5.74, 6) is 0. The molecule has 1 aromatic heterocycles. The van der Waals surface area contributed by atoms with Crippen molar-refractivity contribution < 1.29 is 4.92 Å². The van der Waals surface area contributed by atoms with Crippen molar-refractivity contribution in [2.24, 2.45) is 7.05 Å². The first-order chi connectivity index (χ1) is 9.38. The fraction of sp³-hybridized carbons (Fsp3) is 0.308. The normalized spacial score (nSPS) is 12.2. The van der Waals surface area contributed by atoms with Crippen LogP contribution in [0.25, 0.3) is 0 Å². The lowest BCUT2D eigenvalue weighted by atomic mass is 10.1. The molecular formula is C13H15BrN4O2. The summed E-state index contributed by atoms with van der Waals surface area (Å²) < 4.78 is 2.54. The van der Waals surface area contributed by atoms with E-state index >= 15 is 0 Å². The second-order valence-electron chi connectivity index (χ2n) is 4.63. The SMILES string of the molecule is Cc1nn(C)cc1C(C)Nc1cc([N+](=O)[O-])ccc1Br. The van der Waals surface area contributed by atoms with Crippen LogP contribution in [0.3, 0.4) is 0 Å². The zero-order chi connectivity index (χ0) is 14.9. The minimum absolute atomic E-state index is 0.00186. The molecule has 1 atom stereocenters. The van der Waals surface area contributed by atoms with Gasteiger partial charge in [-0.2, -0.15) is 5.10 Å². The Morgan fingerprint density at radius 3 is 2.75 bits per heavy atom. The number of aromatic nitrogens is 2. The first kappa shape index (κ1) is 14.5. The number of hydrogen-bond donors (Lipinski definition) is 1. The molecule has 0 aliphatic carbocycles. The van der Waals surface area contributed by atoms with Crippen LogP contribution in [0, 0.1) is 17.0 Å². The molecule has 7 heteroatoms. The Labute approximate surface area is 125 Å². The molecule has 0 amide bonds. The molecule has 1 aromatic carbocycles. The molecule has 0 saturated heterocycles. The number of aryl methyl sites for hydroxylation is 2. The van der Waals surface area contributed by atoms with E-state index in [0.29, 0.717) is 5.69 Å². The molecule has 0 bridgehead atoms. The van der Waals surface area contributed by atoms with Crippen molar-refractivity contribution in [2.45, 2.75) is 19.9 Å². The van der Waals surface area contributed by atoms with E-state index < -0.39 is 4.92 Å². The lowest BCUT2D eigenvalue weighted by Gasteiger charge is -2.15. The van der Waals surface area contributed by atoms with Crippen molar-refractivity contribution in [2.75, 3.05) is 5.32 Å². The highest BCUT2D eigenvalue weighted by Crippen LogP contribution is 2.30. The number of nitro benzene ring substituents is 1. The van der Waals surface area contributed by atoms with E-state index in [1.54, 1.807) is 10.7 Å². The number of hydrogen-bond acceptors (Lipinski definition) is 4. The van der Waals surface area contributed by atoms with E-state index in [0.717, 1.165) is 15.7 Å². The first-order valence-corrected chi connectivity index (χ1v) is 6.88. The number of rotatable bonds is 4. The van der Waals surface area contributed by atoms with Crippen molar-refractivity contribution in [1.82, 2.24) is 9.78 Å². The first-order valence-electron chi connectivity index (χ1n) is 6.09. The van der Waals surface area contributed by atoms with E-state index in [4.69, 9.17) is 0 Å². The van der Waals surface area contributed by atoms with Crippen LogP contribution >= 0.6 is 15.9 Å². The zero-order valence-electron chi connectivity index (χ0n) is 11.4. The van der Waals surface area contributed by atoms with Crippen LogP contribution in [0.4, 0.5) is 11.4 Å². The highest BCUT2D eigenvalue weighted by molar-refractivity contribution is 9.10. The van der Waals surface area contributed by atoms with E-state index in [1.807, 2.05) is 27.1 Å². The molecule has 0 saturated carbocycles. The summed E-state index contributed by atoms with van der Waals surface area (Å²) in [5.41, 5.74) is 2.75. The van der Waals surface area contributed by atoms with Gasteiger partial charge in [-0.25, -0.2) is 0 Å². The van der Waals surface area contributed by atoms with Crippen LogP contribution in [0.1, 0.15) is 24.2 Å². The van der Waals surface area contributed by atoms with Crippen LogP contribution in [0.5, 0.6) is 0 Å². The van der Waals surface area contributed by atoms with Gasteiger partial charge in [-0.1, -0.05) is 0 Å². The van der Waals surface area contributed by atoms with E-state index in [9.17, 15) is 10.1 Å². The summed E-state index contributed by atoms with van der Waals surface area (Å²) in [6.45, 7) is 3.94. The molecule has 2 aromatic rings. The summed E-state index contributed by atoms with van der Waals surface area (Å²) >= 11 is 3.40. The number of nitrogens with one attached hydrogen (secondary N) is 1. The van der Waals surface area contributed by atoms with Crippen molar-refractivity contribution in [1.29, 1.82) is 0 Å². The minimum Gasteiger partial charge on any atom is -0.377 e. The second-order valence-corrected chi connectivity index (χ2v) is 5.49. The molecule has 6 nitrogen and oxygen atoms in total. The lowest BCUT2D eigenvalue weighted by molar-refractivity contribution is -0.384. The number of anilines is 1. The fourth-order valence-corrected chi connectivity index (χ4v) is 2.45. The summed E-state index contributed by atoms with van der Waals surface area (Å²) in [5, 5.41) is 18.4. The molecule has 20 heavy (non-hydrogen) atoms. The van der Waals surface area contributed by atoms with Crippen LogP contribution in [0.2, 0.25) is 0 Å². The van der Waals surface area contributed by atoms with Crippen molar-refractivity contribution in [3.8, 4) is 0 Å². The Balaban J connectivity index is 2.27. The van der Waals surface area contributed by atoms with Gasteiger partial charge in [0.2, 0.25) is 0 Å². The maximum atomic E-state index is 10.8. The average molecular weight is 339 g/mol. The van der Waals surface area contributed by atoms with Crippen molar-refractivity contribution >= 4 is 27.3 Å². The number of nitrogens with zero attached hydrogens (tertiary/aromatic N) is 3. The van der Waals surface area contributed by atoms with Gasteiger partial charge in [0.15, 0.2) is 0 Å². The highest BCUT2D eigenvalue weighted by Gasteiger charge is 2.15. The maximum absolute atomic E-state index is 10.8. The van der Waals surface area contributed by atoms with Gasteiger partial charge in [0.05, 0.1) is 22.3 Å². The maximum Gasteiger partial charge on any atom is 0.271 e. The third kappa shape index (κ3) is 2.98. The van der Waals surface area contributed by atoms with Gasteiger partial charge in [0.1, 0.15) is 0 Å². The Morgan fingerprint density at radius 1 is 1.50 bits per heavy atom. The smallest absolute Gasteiger partial charge is 0.271 e. The lowest BCUT2D eigenvalue weighted by Crippen LogP contribution is -2.08. The van der Waals surface area contributed by atoms with Crippen LogP contribution in [-0.2, 0) is 7.05 Å². The Morgan fingerprint density at radius 2 is 2.20 bits per heavy atom. The van der Waals surface area contributed by atoms with E-state index in [1.165, 1.54) is 12.1 Å². The van der Waals surface area contributed by atoms with Gasteiger partial charge in [0, 0.05) is 35.4 Å². The topological polar surface area (TPSA) is 73.0 Å². The average Bonchev–Trinajstić information content (AvgIpc) is 2.71. The summed E-state index contributed by atoms with van der Waals surface area (Å²) in [6, 6.07) is 4.66. The molecule has 0 fully saturated rings. The molecule has 0 aliphatic rings. The zero-order valence-corrected chi connectivity index (χ0v) is 13.0. The van der Waals surface area contributed by atoms with Crippen molar-refractivity contribution in [3.05, 3.63) is 50.2 Å². The predicted octanol–water partition coefficient (Wildman–Crippen LogP) is 3.57. The van der Waals surface area contributed by atoms with Gasteiger partial charge in [-0.3, -0.25) is 14.8 Å². The van der Waals surface area contributed by atoms with Gasteiger partial charge >= 0.3 is 0 Å². The van der Waals surface area contributed by atoms with E-state index in [-0.39, 0.29) is 11.7 Å². The molecule has 106 valence electrons. The molecule has 1 N–H and O–H groups in total. The van der Waals surface area contributed by atoms with E-state index in [2.05, 4.69) is 26.3 Å². The summed E-state index contributed by atoms with van der Waals surface area (Å²) in [6.07, 6.45) is 1.94. The quantitative estimate of drug-likeness (QED) is 0.683. The molecule has 0 radical (unpaired) electrons. The monoisotopic (exact) mass is 338 g/mol. The van der Waals surface area contributed by atoms with Crippen molar-refractivity contribution in [3.63, 3.8) is 0 Å². The van der Waals surface area contributed by atoms with Gasteiger partial charge < -0.3 is 5.32 Å². The Kier molecular flexibility index (Phi) is 4.08. The van der Waals surface area contributed by atoms with Gasteiger partial charge in [0.25, 0.3) is 5.69 Å². The standard InChI is InChI=1S/C13H15BrN4O2/c1-8(11-7-17(3)16-9(11)2)15-13-6-10(18(19)20)4-5-12(13)14/h4-8,15H,1-3H3. The van der Waals surface area contributed by atoms with Gasteiger partial charge in [-0.05, 0) is 35.8 Å². The molecule has 0 aliphatic heterocycles. The number of non-ortho nitro benzene ring substituents is 1. The molecule has 2 rings (SSSR count). The third-order valence-corrected chi connectivity index (χ3v) is 3.74. The summed E-state index contributed by atoms with van der Waals surface area (Å²) in [4.78, 5) is 10.4. The minimum atomic E-state index is -0.405. The Hall–Kier alpha value is -1.89. The molecule has 1 unspecified atom stereocenters. The molecule has 1 heterocycles. The van der Waals surface area contributed by atoms with Crippen LogP contribution in [0.15, 0.2) is 28.9 Å². The second kappa shape index (κ2) is 5.62. The molecular weight excluding hydrogens is 324 g/mol. The van der Waals surface area contributed by atoms with Crippen LogP contribution < -0.4 is 5.32 Å².